The van der Waals surface area contributed by atoms with Crippen molar-refractivity contribution in [3.05, 3.63) is 53.3 Å². The molecule has 1 N–H and O–H groups in total. The smallest absolute Gasteiger partial charge is 0.256 e. The van der Waals surface area contributed by atoms with Gasteiger partial charge < -0.3 is 5.32 Å². The lowest BCUT2D eigenvalue weighted by Crippen LogP contribution is -2.29. The topological polar surface area (TPSA) is 72.2 Å². The van der Waals surface area contributed by atoms with Crippen LogP contribution in [0.2, 0.25) is 0 Å². The number of aryl methyl sites for hydroxylation is 2. The largest absolute Gasteiger partial charge is 0.355 e. The molecule has 0 radical (unpaired) electrons. The molecule has 2 heterocycles. The zero-order valence-corrected chi connectivity index (χ0v) is 15.4. The van der Waals surface area contributed by atoms with Crippen molar-refractivity contribution in [2.75, 3.05) is 12.3 Å². The second kappa shape index (κ2) is 7.65. The van der Waals surface area contributed by atoms with E-state index in [9.17, 15) is 4.79 Å². The van der Waals surface area contributed by atoms with Gasteiger partial charge in [0.15, 0.2) is 5.16 Å². The number of rotatable bonds is 6. The standard InChI is InChI=1S/C18H21N5OS/c1-12(15-7-5-4-6-8-15)10-19-16(24)11-25-18-22-21-17-20-13(2)9-14(3)23(17)18/h4-9,12H,10-11H2,1-3H3,(H,19,24)/t12-/m0/s1. The van der Waals surface area contributed by atoms with Gasteiger partial charge in [-0.3, -0.25) is 9.20 Å². The number of thioether (sulfide) groups is 1. The SMILES string of the molecule is Cc1cc(C)n2c(SCC(=O)NC[C@H](C)c3ccccc3)nnc2n1. The van der Waals surface area contributed by atoms with E-state index in [0.717, 1.165) is 11.4 Å². The summed E-state index contributed by atoms with van der Waals surface area (Å²) < 4.78 is 1.87. The molecule has 25 heavy (non-hydrogen) atoms. The van der Waals surface area contributed by atoms with Crippen LogP contribution < -0.4 is 5.32 Å². The molecule has 0 spiro atoms. The Morgan fingerprint density at radius 1 is 1.24 bits per heavy atom. The first-order chi connectivity index (χ1) is 12.0. The van der Waals surface area contributed by atoms with Crippen molar-refractivity contribution in [1.82, 2.24) is 24.9 Å². The van der Waals surface area contributed by atoms with Gasteiger partial charge in [-0.15, -0.1) is 10.2 Å². The van der Waals surface area contributed by atoms with Crippen LogP contribution in [0.1, 0.15) is 29.8 Å². The molecule has 1 amide bonds. The van der Waals surface area contributed by atoms with Gasteiger partial charge in [0.25, 0.3) is 5.78 Å². The van der Waals surface area contributed by atoms with Crippen molar-refractivity contribution in [1.29, 1.82) is 0 Å². The van der Waals surface area contributed by atoms with E-state index in [1.165, 1.54) is 17.3 Å². The fourth-order valence-corrected chi connectivity index (χ4v) is 3.46. The molecule has 3 rings (SSSR count). The Kier molecular flexibility index (Phi) is 5.33. The summed E-state index contributed by atoms with van der Waals surface area (Å²) in [6, 6.07) is 12.1. The Morgan fingerprint density at radius 2 is 2.00 bits per heavy atom. The Balaban J connectivity index is 1.56. The average molecular weight is 355 g/mol. The van der Waals surface area contributed by atoms with Crippen LogP contribution in [0, 0.1) is 13.8 Å². The fraction of sp³-hybridized carbons (Fsp3) is 0.333. The van der Waals surface area contributed by atoms with Crippen molar-refractivity contribution in [3.8, 4) is 0 Å². The highest BCUT2D eigenvalue weighted by Crippen LogP contribution is 2.18. The number of fused-ring (bicyclic) bond motifs is 1. The summed E-state index contributed by atoms with van der Waals surface area (Å²) >= 11 is 1.37. The Hall–Kier alpha value is -2.41. The van der Waals surface area contributed by atoms with Crippen molar-refractivity contribution in [3.63, 3.8) is 0 Å². The fourth-order valence-electron chi connectivity index (χ4n) is 2.64. The van der Waals surface area contributed by atoms with E-state index >= 15 is 0 Å². The van der Waals surface area contributed by atoms with Gasteiger partial charge in [-0.05, 0) is 31.4 Å². The van der Waals surface area contributed by atoms with Crippen LogP contribution in [-0.4, -0.2) is 37.8 Å². The Bertz CT molecular complexity index is 878. The molecule has 3 aromatic rings. The molecule has 1 aromatic carbocycles. The third kappa shape index (κ3) is 4.17. The van der Waals surface area contributed by atoms with Gasteiger partial charge in [-0.2, -0.15) is 0 Å². The van der Waals surface area contributed by atoms with Crippen LogP contribution in [0.5, 0.6) is 0 Å². The van der Waals surface area contributed by atoms with E-state index < -0.39 is 0 Å². The van der Waals surface area contributed by atoms with E-state index in [4.69, 9.17) is 0 Å². The average Bonchev–Trinajstić information content (AvgIpc) is 3.01. The molecular weight excluding hydrogens is 334 g/mol. The first kappa shape index (κ1) is 17.4. The number of amides is 1. The molecule has 0 bridgehead atoms. The molecule has 0 saturated carbocycles. The number of nitrogens with one attached hydrogen (secondary N) is 1. The minimum Gasteiger partial charge on any atom is -0.355 e. The summed E-state index contributed by atoms with van der Waals surface area (Å²) in [5, 5.41) is 11.9. The summed E-state index contributed by atoms with van der Waals surface area (Å²) in [6.45, 7) is 6.63. The molecule has 0 fully saturated rings. The van der Waals surface area contributed by atoms with Crippen molar-refractivity contribution in [2.45, 2.75) is 31.8 Å². The Morgan fingerprint density at radius 3 is 2.76 bits per heavy atom. The molecule has 1 atom stereocenters. The zero-order chi connectivity index (χ0) is 17.8. The molecule has 2 aromatic heterocycles. The van der Waals surface area contributed by atoms with Gasteiger partial charge in [0.05, 0.1) is 5.75 Å². The summed E-state index contributed by atoms with van der Waals surface area (Å²) in [4.78, 5) is 16.5. The molecule has 0 aliphatic rings. The number of nitrogens with zero attached hydrogens (tertiary/aromatic N) is 4. The summed E-state index contributed by atoms with van der Waals surface area (Å²) in [5.74, 6) is 1.13. The monoisotopic (exact) mass is 355 g/mol. The van der Waals surface area contributed by atoms with Gasteiger partial charge in [0.1, 0.15) is 0 Å². The van der Waals surface area contributed by atoms with Crippen LogP contribution in [-0.2, 0) is 4.79 Å². The number of benzene rings is 1. The molecule has 0 aliphatic carbocycles. The second-order valence-corrected chi connectivity index (χ2v) is 7.00. The lowest BCUT2D eigenvalue weighted by Gasteiger charge is -2.12. The predicted molar refractivity (Wildman–Crippen MR) is 98.8 cm³/mol. The van der Waals surface area contributed by atoms with Gasteiger partial charge in [-0.1, -0.05) is 49.0 Å². The van der Waals surface area contributed by atoms with Gasteiger partial charge in [0.2, 0.25) is 5.91 Å². The number of carbonyl (C=O) groups excluding carboxylic acids is 1. The van der Waals surface area contributed by atoms with E-state index in [1.54, 1.807) is 0 Å². The number of carbonyl (C=O) groups is 1. The maximum absolute atomic E-state index is 12.1. The van der Waals surface area contributed by atoms with Crippen LogP contribution in [0.25, 0.3) is 5.78 Å². The van der Waals surface area contributed by atoms with Crippen LogP contribution in [0.4, 0.5) is 0 Å². The summed E-state index contributed by atoms with van der Waals surface area (Å²) in [7, 11) is 0. The minimum absolute atomic E-state index is 0.0118. The first-order valence-electron chi connectivity index (χ1n) is 8.18. The third-order valence-corrected chi connectivity index (χ3v) is 4.90. The lowest BCUT2D eigenvalue weighted by molar-refractivity contribution is -0.118. The normalized spacial score (nSPS) is 12.3. The van der Waals surface area contributed by atoms with E-state index in [2.05, 4.69) is 39.6 Å². The van der Waals surface area contributed by atoms with Crippen molar-refractivity contribution < 1.29 is 4.79 Å². The molecule has 0 aliphatic heterocycles. The van der Waals surface area contributed by atoms with E-state index in [1.807, 2.05) is 42.5 Å². The van der Waals surface area contributed by atoms with E-state index in [-0.39, 0.29) is 11.8 Å². The molecule has 130 valence electrons. The van der Waals surface area contributed by atoms with Crippen LogP contribution in [0.3, 0.4) is 0 Å². The molecule has 6 nitrogen and oxygen atoms in total. The lowest BCUT2D eigenvalue weighted by atomic mass is 10.0. The van der Waals surface area contributed by atoms with Gasteiger partial charge in [-0.25, -0.2) is 4.98 Å². The first-order valence-corrected chi connectivity index (χ1v) is 9.17. The number of hydrogen-bond acceptors (Lipinski definition) is 5. The third-order valence-electron chi connectivity index (χ3n) is 3.97. The molecule has 7 heteroatoms. The highest BCUT2D eigenvalue weighted by Gasteiger charge is 2.13. The van der Waals surface area contributed by atoms with Gasteiger partial charge >= 0.3 is 0 Å². The van der Waals surface area contributed by atoms with Crippen LogP contribution >= 0.6 is 11.8 Å². The maximum Gasteiger partial charge on any atom is 0.256 e. The predicted octanol–water partition coefficient (Wildman–Crippen LogP) is 2.75. The summed E-state index contributed by atoms with van der Waals surface area (Å²) in [5.41, 5.74) is 3.13. The zero-order valence-electron chi connectivity index (χ0n) is 14.6. The molecular formula is C18H21N5OS. The maximum atomic E-state index is 12.1. The van der Waals surface area contributed by atoms with E-state index in [0.29, 0.717) is 23.2 Å². The minimum atomic E-state index is -0.0118. The highest BCUT2D eigenvalue weighted by atomic mass is 32.2. The van der Waals surface area contributed by atoms with Crippen LogP contribution in [0.15, 0.2) is 41.6 Å². The van der Waals surface area contributed by atoms with Crippen molar-refractivity contribution in [2.24, 2.45) is 0 Å². The number of hydrogen-bond donors (Lipinski definition) is 1. The van der Waals surface area contributed by atoms with Crippen molar-refractivity contribution >= 4 is 23.4 Å². The molecule has 0 unspecified atom stereocenters. The molecule has 0 saturated heterocycles. The van der Waals surface area contributed by atoms with Gasteiger partial charge in [0, 0.05) is 17.9 Å². The second-order valence-electron chi connectivity index (χ2n) is 6.06. The number of aromatic nitrogens is 4. The quantitative estimate of drug-likeness (QED) is 0.689. The summed E-state index contributed by atoms with van der Waals surface area (Å²) in [6.07, 6.45) is 0. The highest BCUT2D eigenvalue weighted by molar-refractivity contribution is 7.99. The Labute approximate surface area is 151 Å².